The predicted molar refractivity (Wildman–Crippen MR) is 94.0 cm³/mol. The number of rotatable bonds is 3. The predicted octanol–water partition coefficient (Wildman–Crippen LogP) is 3.99. The molecule has 0 bridgehead atoms. The van der Waals surface area contributed by atoms with Gasteiger partial charge in [-0.15, -0.1) is 0 Å². The van der Waals surface area contributed by atoms with Crippen LogP contribution in [-0.2, 0) is 16.3 Å². The molecule has 22 heavy (non-hydrogen) atoms. The minimum atomic E-state index is -4.27. The van der Waals surface area contributed by atoms with Crippen LogP contribution in [-0.4, -0.2) is 33.0 Å². The molecule has 0 saturated carbocycles. The van der Waals surface area contributed by atoms with Crippen molar-refractivity contribution in [1.29, 1.82) is 0 Å². The van der Waals surface area contributed by atoms with E-state index in [0.717, 1.165) is 5.56 Å². The number of benzene rings is 2. The third kappa shape index (κ3) is 7.69. The average molecular weight is 338 g/mol. The highest BCUT2D eigenvalue weighted by molar-refractivity contribution is 7.85. The Hall–Kier alpha value is -1.22. The first-order valence-electron chi connectivity index (χ1n) is 6.95. The van der Waals surface area contributed by atoms with Crippen molar-refractivity contribution in [2.24, 2.45) is 0 Å². The van der Waals surface area contributed by atoms with Gasteiger partial charge in [-0.05, 0) is 24.6 Å². The maximum Gasteiger partial charge on any atom is 0.124 e. The summed E-state index contributed by atoms with van der Waals surface area (Å²) >= 11 is 0. The van der Waals surface area contributed by atoms with Crippen molar-refractivity contribution in [3.63, 3.8) is 0 Å². The zero-order chi connectivity index (χ0) is 16.8. The molecular formula is C17H23O3PS. The van der Waals surface area contributed by atoms with Crippen LogP contribution < -0.4 is 0 Å². The fourth-order valence-corrected chi connectivity index (χ4v) is 3.61. The van der Waals surface area contributed by atoms with Gasteiger partial charge in [0.25, 0.3) is 0 Å². The number of aryl methyl sites for hydroxylation is 1. The Morgan fingerprint density at radius 2 is 1.41 bits per heavy atom. The van der Waals surface area contributed by atoms with Gasteiger partial charge in [0.15, 0.2) is 0 Å². The molecule has 0 N–H and O–H groups in total. The van der Waals surface area contributed by atoms with Crippen molar-refractivity contribution in [2.45, 2.75) is 18.0 Å². The zero-order valence-electron chi connectivity index (χ0n) is 13.5. The lowest BCUT2D eigenvalue weighted by Crippen LogP contribution is -1.97. The van der Waals surface area contributed by atoms with Crippen LogP contribution in [0.25, 0.3) is 0 Å². The first-order chi connectivity index (χ1) is 10.1. The second-order valence-corrected chi connectivity index (χ2v) is 12.5. The van der Waals surface area contributed by atoms with Gasteiger partial charge in [-0.25, -0.2) is 8.42 Å². The summed E-state index contributed by atoms with van der Waals surface area (Å²) in [5.41, 5.74) is 2.41. The molecule has 0 aromatic heterocycles. The first-order valence-corrected chi connectivity index (χ1v) is 11.7. The van der Waals surface area contributed by atoms with Gasteiger partial charge in [0, 0.05) is 27.3 Å². The molecule has 2 aromatic rings. The lowest BCUT2D eigenvalue weighted by atomic mass is 10.2. The molecule has 0 unspecified atom stereocenters. The minimum absolute atomic E-state index is 0.178. The Morgan fingerprint density at radius 1 is 0.909 bits per heavy atom. The Balaban J connectivity index is 0.000000220. The van der Waals surface area contributed by atoms with Crippen LogP contribution in [0.4, 0.5) is 0 Å². The molecule has 0 aliphatic carbocycles. The van der Waals surface area contributed by atoms with E-state index in [4.69, 9.17) is 0 Å². The number of hydrogen-bond acceptors (Lipinski definition) is 3. The average Bonchev–Trinajstić information content (AvgIpc) is 2.38. The van der Waals surface area contributed by atoms with Crippen LogP contribution in [0.15, 0.2) is 59.5 Å². The highest BCUT2D eigenvalue weighted by Gasteiger charge is 2.16. The largest absolute Gasteiger partial charge is 0.744 e. The summed E-state index contributed by atoms with van der Waals surface area (Å²) in [7, 11) is -4.91. The fraction of sp³-hybridized carbons (Fsp3) is 0.294. The lowest BCUT2D eigenvalue weighted by molar-refractivity contribution is 0.463. The normalized spacial score (nSPS) is 11.5. The number of hydrogen-bond donors (Lipinski definition) is 0. The molecule has 2 rings (SSSR count). The monoisotopic (exact) mass is 338 g/mol. The summed E-state index contributed by atoms with van der Waals surface area (Å²) in [4.78, 5) is -0.178. The van der Waals surface area contributed by atoms with Crippen molar-refractivity contribution in [3.05, 3.63) is 65.7 Å². The Kier molecular flexibility index (Phi) is 6.73. The second kappa shape index (κ2) is 7.87. The van der Waals surface area contributed by atoms with E-state index in [2.05, 4.69) is 50.3 Å². The molecule has 0 atom stereocenters. The quantitative estimate of drug-likeness (QED) is 0.628. The van der Waals surface area contributed by atoms with Crippen molar-refractivity contribution in [1.82, 2.24) is 0 Å². The molecule has 120 valence electrons. The van der Waals surface area contributed by atoms with Gasteiger partial charge >= 0.3 is 0 Å². The zero-order valence-corrected chi connectivity index (χ0v) is 15.2. The first kappa shape index (κ1) is 18.8. The van der Waals surface area contributed by atoms with Crippen molar-refractivity contribution >= 4 is 17.4 Å². The molecule has 0 saturated heterocycles. The standard InChI is InChI=1S/C10H16P.C7H8O3S/c1-11(2,3)9-10-7-5-4-6-8-10;1-6-2-4-7(5-3-6)11(8,9)10/h4-8H,9H2,1-3H3;2-5H,1H3,(H,8,9,10)/q+1;/p-1. The molecule has 3 nitrogen and oxygen atoms in total. The lowest BCUT2D eigenvalue weighted by Gasteiger charge is -2.10. The van der Waals surface area contributed by atoms with Crippen molar-refractivity contribution in [2.75, 3.05) is 20.0 Å². The molecule has 5 heteroatoms. The van der Waals surface area contributed by atoms with Gasteiger partial charge in [-0.3, -0.25) is 0 Å². The molecular weight excluding hydrogens is 315 g/mol. The molecule has 2 aromatic carbocycles. The molecule has 0 amide bonds. The van der Waals surface area contributed by atoms with Gasteiger partial charge in [0.05, 0.1) is 11.1 Å². The Bertz CT molecular complexity index is 672. The summed E-state index contributed by atoms with van der Waals surface area (Å²) in [6.07, 6.45) is 1.27. The third-order valence-corrected chi connectivity index (χ3v) is 4.97. The molecule has 0 aliphatic heterocycles. The fourth-order valence-electron chi connectivity index (χ4n) is 1.84. The highest BCUT2D eigenvalue weighted by Crippen LogP contribution is 2.49. The summed E-state index contributed by atoms with van der Waals surface area (Å²) in [5, 5.41) is 0. The van der Waals surface area contributed by atoms with E-state index >= 15 is 0 Å². The minimum Gasteiger partial charge on any atom is -0.744 e. The van der Waals surface area contributed by atoms with Gasteiger partial charge in [-0.1, -0.05) is 48.0 Å². The molecule has 0 fully saturated rings. The Labute approximate surface area is 134 Å². The topological polar surface area (TPSA) is 57.2 Å². The molecule has 0 aliphatic rings. The smallest absolute Gasteiger partial charge is 0.124 e. The van der Waals surface area contributed by atoms with Crippen LogP contribution in [0.3, 0.4) is 0 Å². The van der Waals surface area contributed by atoms with E-state index in [1.807, 2.05) is 6.92 Å². The van der Waals surface area contributed by atoms with Crippen LogP contribution in [0, 0.1) is 6.92 Å². The molecule has 0 heterocycles. The van der Waals surface area contributed by atoms with Gasteiger partial charge in [0.1, 0.15) is 10.1 Å². The van der Waals surface area contributed by atoms with Gasteiger partial charge in [-0.2, -0.15) is 0 Å². The van der Waals surface area contributed by atoms with Crippen molar-refractivity contribution in [3.8, 4) is 0 Å². The second-order valence-electron chi connectivity index (χ2n) is 6.20. The van der Waals surface area contributed by atoms with E-state index in [0.29, 0.717) is 0 Å². The van der Waals surface area contributed by atoms with E-state index in [-0.39, 0.29) is 4.90 Å². The van der Waals surface area contributed by atoms with Crippen LogP contribution in [0.5, 0.6) is 0 Å². The van der Waals surface area contributed by atoms with E-state index in [1.54, 1.807) is 12.1 Å². The van der Waals surface area contributed by atoms with E-state index < -0.39 is 17.4 Å². The SMILES string of the molecule is C[P+](C)(C)Cc1ccccc1.Cc1ccc(S(=O)(=O)[O-])cc1. The summed E-state index contributed by atoms with van der Waals surface area (Å²) in [6, 6.07) is 16.5. The maximum atomic E-state index is 10.4. The third-order valence-electron chi connectivity index (χ3n) is 2.81. The van der Waals surface area contributed by atoms with Crippen LogP contribution >= 0.6 is 7.26 Å². The van der Waals surface area contributed by atoms with Crippen molar-refractivity contribution < 1.29 is 13.0 Å². The van der Waals surface area contributed by atoms with Gasteiger partial charge in [0.2, 0.25) is 0 Å². The van der Waals surface area contributed by atoms with Crippen LogP contribution in [0.2, 0.25) is 0 Å². The summed E-state index contributed by atoms with van der Waals surface area (Å²) < 4.78 is 31.2. The summed E-state index contributed by atoms with van der Waals surface area (Å²) in [6.45, 7) is 8.95. The van der Waals surface area contributed by atoms with Crippen LogP contribution in [0.1, 0.15) is 11.1 Å². The van der Waals surface area contributed by atoms with Gasteiger partial charge < -0.3 is 4.55 Å². The van der Waals surface area contributed by atoms with E-state index in [1.165, 1.54) is 23.9 Å². The summed E-state index contributed by atoms with van der Waals surface area (Å²) in [5.74, 6) is 0. The highest BCUT2D eigenvalue weighted by atomic mass is 32.2. The van der Waals surface area contributed by atoms with E-state index in [9.17, 15) is 13.0 Å². The maximum absolute atomic E-state index is 10.4. The Morgan fingerprint density at radius 3 is 1.82 bits per heavy atom. The molecule has 0 spiro atoms. The molecule has 0 radical (unpaired) electrons.